The molecule has 1 aromatic rings. The molecule has 1 fully saturated rings. The highest BCUT2D eigenvalue weighted by Crippen LogP contribution is 2.37. The van der Waals surface area contributed by atoms with Crippen LogP contribution in [-0.4, -0.2) is 49.8 Å². The molecule has 0 N–H and O–H groups in total. The van der Waals surface area contributed by atoms with E-state index in [1.165, 1.54) is 5.56 Å². The largest absolute Gasteiger partial charge is 0.382 e. The van der Waals surface area contributed by atoms with E-state index in [0.717, 1.165) is 6.42 Å². The zero-order chi connectivity index (χ0) is 15.2. The Balaban J connectivity index is 1.96. The monoisotopic (exact) mass is 291 g/mol. The first-order chi connectivity index (χ1) is 10.1. The van der Waals surface area contributed by atoms with E-state index in [1.54, 1.807) is 7.11 Å². The van der Waals surface area contributed by atoms with Crippen molar-refractivity contribution < 1.29 is 14.3 Å². The lowest BCUT2D eigenvalue weighted by Gasteiger charge is -2.28. The summed E-state index contributed by atoms with van der Waals surface area (Å²) in [6.45, 7) is 5.37. The molecule has 1 heterocycles. The first kappa shape index (κ1) is 16.0. The van der Waals surface area contributed by atoms with E-state index in [-0.39, 0.29) is 24.6 Å². The fourth-order valence-electron chi connectivity index (χ4n) is 3.24. The van der Waals surface area contributed by atoms with E-state index in [0.29, 0.717) is 19.1 Å². The van der Waals surface area contributed by atoms with Crippen molar-refractivity contribution in [3.05, 3.63) is 35.9 Å². The Bertz CT molecular complexity index is 449. The minimum Gasteiger partial charge on any atom is -0.382 e. The molecule has 0 unspecified atom stereocenters. The van der Waals surface area contributed by atoms with Gasteiger partial charge in [-0.2, -0.15) is 0 Å². The lowest BCUT2D eigenvalue weighted by Crippen LogP contribution is -2.41. The van der Waals surface area contributed by atoms with Crippen molar-refractivity contribution in [2.24, 2.45) is 0 Å². The zero-order valence-corrected chi connectivity index (χ0v) is 13.1. The first-order valence-corrected chi connectivity index (χ1v) is 7.58. The average Bonchev–Trinajstić information content (AvgIpc) is 2.79. The second kappa shape index (κ2) is 7.57. The maximum absolute atomic E-state index is 12.4. The average molecular weight is 291 g/mol. The highest BCUT2D eigenvalue weighted by atomic mass is 16.5. The second-order valence-electron chi connectivity index (χ2n) is 5.69. The summed E-state index contributed by atoms with van der Waals surface area (Å²) in [5.41, 5.74) is 1.31. The lowest BCUT2D eigenvalue weighted by atomic mass is 9.92. The van der Waals surface area contributed by atoms with Crippen LogP contribution >= 0.6 is 0 Å². The molecule has 0 saturated carbocycles. The van der Waals surface area contributed by atoms with Gasteiger partial charge in [-0.25, -0.2) is 0 Å². The number of amides is 1. The van der Waals surface area contributed by atoms with Gasteiger partial charge < -0.3 is 14.4 Å². The standard InChI is InChI=1S/C17H25NO3/c1-13-11-16(15-7-5-4-6-8-15)14(2)18(13)17(19)12-21-10-9-20-3/h4-8,13-14,16H,9-12H2,1-3H3/t13-,14+,16+/m1/s1. The number of benzene rings is 1. The van der Waals surface area contributed by atoms with Crippen LogP contribution < -0.4 is 0 Å². The number of likely N-dealkylation sites (tertiary alicyclic amines) is 1. The van der Waals surface area contributed by atoms with Crippen LogP contribution in [-0.2, 0) is 14.3 Å². The molecule has 0 aromatic heterocycles. The Morgan fingerprint density at radius 1 is 1.24 bits per heavy atom. The van der Waals surface area contributed by atoms with Crippen LogP contribution in [0, 0.1) is 0 Å². The number of methoxy groups -OCH3 is 1. The van der Waals surface area contributed by atoms with Crippen molar-refractivity contribution in [2.75, 3.05) is 26.9 Å². The zero-order valence-electron chi connectivity index (χ0n) is 13.1. The molecular weight excluding hydrogens is 266 g/mol. The molecule has 0 spiro atoms. The molecular formula is C17H25NO3. The van der Waals surface area contributed by atoms with Crippen molar-refractivity contribution in [1.82, 2.24) is 4.90 Å². The molecule has 2 rings (SSSR count). The maximum Gasteiger partial charge on any atom is 0.249 e. The molecule has 3 atom stereocenters. The van der Waals surface area contributed by atoms with E-state index in [4.69, 9.17) is 9.47 Å². The van der Waals surface area contributed by atoms with Gasteiger partial charge in [-0.15, -0.1) is 0 Å². The number of ether oxygens (including phenoxy) is 2. The minimum absolute atomic E-state index is 0.0736. The second-order valence-corrected chi connectivity index (χ2v) is 5.69. The van der Waals surface area contributed by atoms with Crippen molar-refractivity contribution in [3.63, 3.8) is 0 Å². The molecule has 0 bridgehead atoms. The molecule has 1 saturated heterocycles. The summed E-state index contributed by atoms with van der Waals surface area (Å²) in [7, 11) is 1.63. The fourth-order valence-corrected chi connectivity index (χ4v) is 3.24. The van der Waals surface area contributed by atoms with Crippen LogP contribution in [0.25, 0.3) is 0 Å². The van der Waals surface area contributed by atoms with Crippen molar-refractivity contribution in [1.29, 1.82) is 0 Å². The third-order valence-electron chi connectivity index (χ3n) is 4.26. The summed E-state index contributed by atoms with van der Waals surface area (Å²) in [5, 5.41) is 0. The summed E-state index contributed by atoms with van der Waals surface area (Å²) >= 11 is 0. The molecule has 21 heavy (non-hydrogen) atoms. The number of nitrogens with zero attached hydrogens (tertiary/aromatic N) is 1. The van der Waals surface area contributed by atoms with Crippen LogP contribution in [0.4, 0.5) is 0 Å². The molecule has 1 aliphatic heterocycles. The first-order valence-electron chi connectivity index (χ1n) is 7.58. The Labute approximate surface area is 127 Å². The van der Waals surface area contributed by atoms with E-state index in [9.17, 15) is 4.79 Å². The maximum atomic E-state index is 12.4. The van der Waals surface area contributed by atoms with E-state index in [2.05, 4.69) is 38.1 Å². The van der Waals surface area contributed by atoms with Crippen molar-refractivity contribution >= 4 is 5.91 Å². The summed E-state index contributed by atoms with van der Waals surface area (Å²) < 4.78 is 10.3. The van der Waals surface area contributed by atoms with Crippen LogP contribution in [0.3, 0.4) is 0 Å². The summed E-state index contributed by atoms with van der Waals surface area (Å²) in [6, 6.07) is 10.9. The van der Waals surface area contributed by atoms with Gasteiger partial charge in [0.1, 0.15) is 6.61 Å². The topological polar surface area (TPSA) is 38.8 Å². The Morgan fingerprint density at radius 2 is 1.95 bits per heavy atom. The number of carbonyl (C=O) groups excluding carboxylic acids is 1. The predicted molar refractivity (Wildman–Crippen MR) is 82.3 cm³/mol. The number of hydrogen-bond donors (Lipinski definition) is 0. The van der Waals surface area contributed by atoms with E-state index in [1.807, 2.05) is 11.0 Å². The molecule has 0 aliphatic carbocycles. The normalized spacial score (nSPS) is 25.3. The van der Waals surface area contributed by atoms with Gasteiger partial charge in [-0.05, 0) is 25.8 Å². The lowest BCUT2D eigenvalue weighted by molar-refractivity contribution is -0.139. The quantitative estimate of drug-likeness (QED) is 0.756. The molecule has 4 nitrogen and oxygen atoms in total. The van der Waals surface area contributed by atoms with Crippen molar-refractivity contribution in [2.45, 2.75) is 38.3 Å². The molecule has 0 radical (unpaired) electrons. The predicted octanol–water partition coefficient (Wildman–Crippen LogP) is 2.44. The molecule has 1 aliphatic rings. The van der Waals surface area contributed by atoms with Gasteiger partial charge in [0, 0.05) is 25.1 Å². The van der Waals surface area contributed by atoms with Crippen molar-refractivity contribution in [3.8, 4) is 0 Å². The van der Waals surface area contributed by atoms with Gasteiger partial charge in [-0.1, -0.05) is 30.3 Å². The van der Waals surface area contributed by atoms with Crippen LogP contribution in [0.15, 0.2) is 30.3 Å². The van der Waals surface area contributed by atoms with Gasteiger partial charge in [0.15, 0.2) is 0 Å². The van der Waals surface area contributed by atoms with Crippen LogP contribution in [0.2, 0.25) is 0 Å². The van der Waals surface area contributed by atoms with E-state index >= 15 is 0 Å². The highest BCUT2D eigenvalue weighted by Gasteiger charge is 2.39. The summed E-state index contributed by atoms with van der Waals surface area (Å²) in [4.78, 5) is 14.3. The number of rotatable bonds is 6. The Kier molecular flexibility index (Phi) is 5.76. The fraction of sp³-hybridized carbons (Fsp3) is 0.588. The van der Waals surface area contributed by atoms with Gasteiger partial charge >= 0.3 is 0 Å². The number of hydrogen-bond acceptors (Lipinski definition) is 3. The van der Waals surface area contributed by atoms with Crippen LogP contribution in [0.1, 0.15) is 31.7 Å². The summed E-state index contributed by atoms with van der Waals surface area (Å²) in [5.74, 6) is 0.480. The van der Waals surface area contributed by atoms with Gasteiger partial charge in [0.05, 0.1) is 13.2 Å². The van der Waals surface area contributed by atoms with Gasteiger partial charge in [-0.3, -0.25) is 4.79 Å². The van der Waals surface area contributed by atoms with Gasteiger partial charge in [0.25, 0.3) is 0 Å². The third-order valence-corrected chi connectivity index (χ3v) is 4.26. The summed E-state index contributed by atoms with van der Waals surface area (Å²) in [6.07, 6.45) is 1.01. The third kappa shape index (κ3) is 3.83. The number of carbonyl (C=O) groups is 1. The van der Waals surface area contributed by atoms with E-state index < -0.39 is 0 Å². The molecule has 116 valence electrons. The van der Waals surface area contributed by atoms with Crippen LogP contribution in [0.5, 0.6) is 0 Å². The molecule has 4 heteroatoms. The molecule has 1 amide bonds. The highest BCUT2D eigenvalue weighted by molar-refractivity contribution is 5.78. The Hall–Kier alpha value is -1.39. The Morgan fingerprint density at radius 3 is 2.62 bits per heavy atom. The minimum atomic E-state index is 0.0736. The molecule has 1 aromatic carbocycles. The SMILES string of the molecule is COCCOCC(=O)N1[C@H](C)C[C@H](c2ccccc2)[C@@H]1C. The smallest absolute Gasteiger partial charge is 0.249 e. The van der Waals surface area contributed by atoms with Gasteiger partial charge in [0.2, 0.25) is 5.91 Å².